The SMILES string of the molecule is CC(NC(=O)Cc1ccccc1Cl)C1CCCO1. The highest BCUT2D eigenvalue weighted by molar-refractivity contribution is 6.31. The van der Waals surface area contributed by atoms with Crippen LogP contribution >= 0.6 is 11.6 Å². The average Bonchev–Trinajstić information content (AvgIpc) is 2.85. The number of hydrogen-bond donors (Lipinski definition) is 1. The second-order valence-corrected chi connectivity index (χ2v) is 5.08. The fraction of sp³-hybridized carbons (Fsp3) is 0.500. The Morgan fingerprint density at radius 1 is 1.56 bits per heavy atom. The Kier molecular flexibility index (Phi) is 4.61. The van der Waals surface area contributed by atoms with Crippen LogP contribution in [0.4, 0.5) is 0 Å². The Morgan fingerprint density at radius 2 is 2.33 bits per heavy atom. The van der Waals surface area contributed by atoms with Crippen molar-refractivity contribution in [1.82, 2.24) is 5.32 Å². The molecule has 0 radical (unpaired) electrons. The highest BCUT2D eigenvalue weighted by atomic mass is 35.5. The Balaban J connectivity index is 1.86. The van der Waals surface area contributed by atoms with Crippen LogP contribution in [-0.4, -0.2) is 24.7 Å². The number of benzene rings is 1. The van der Waals surface area contributed by atoms with Gasteiger partial charge in [0.15, 0.2) is 0 Å². The Hall–Kier alpha value is -1.06. The largest absolute Gasteiger partial charge is 0.376 e. The first-order valence-corrected chi connectivity index (χ1v) is 6.69. The molecule has 1 aliphatic heterocycles. The van der Waals surface area contributed by atoms with Gasteiger partial charge in [-0.3, -0.25) is 4.79 Å². The zero-order chi connectivity index (χ0) is 13.0. The van der Waals surface area contributed by atoms with E-state index in [0.717, 1.165) is 25.0 Å². The number of nitrogens with one attached hydrogen (secondary N) is 1. The molecule has 0 spiro atoms. The van der Waals surface area contributed by atoms with Gasteiger partial charge in [0, 0.05) is 11.6 Å². The molecule has 0 aromatic heterocycles. The van der Waals surface area contributed by atoms with Crippen molar-refractivity contribution in [2.24, 2.45) is 0 Å². The van der Waals surface area contributed by atoms with Gasteiger partial charge in [-0.05, 0) is 31.4 Å². The summed E-state index contributed by atoms with van der Waals surface area (Å²) in [5.41, 5.74) is 0.858. The molecule has 0 bridgehead atoms. The minimum absolute atomic E-state index is 0.00824. The topological polar surface area (TPSA) is 38.3 Å². The monoisotopic (exact) mass is 267 g/mol. The maximum absolute atomic E-state index is 11.9. The van der Waals surface area contributed by atoms with Crippen molar-refractivity contribution in [3.8, 4) is 0 Å². The third kappa shape index (κ3) is 3.47. The summed E-state index contributed by atoms with van der Waals surface area (Å²) in [6.07, 6.45) is 2.57. The van der Waals surface area contributed by atoms with Crippen LogP contribution in [0.1, 0.15) is 25.3 Å². The van der Waals surface area contributed by atoms with Gasteiger partial charge in [0.1, 0.15) is 0 Å². The summed E-state index contributed by atoms with van der Waals surface area (Å²) in [5.74, 6) is -0.00824. The lowest BCUT2D eigenvalue weighted by Gasteiger charge is -2.20. The van der Waals surface area contributed by atoms with Gasteiger partial charge >= 0.3 is 0 Å². The number of ether oxygens (including phenoxy) is 1. The highest BCUT2D eigenvalue weighted by Crippen LogP contribution is 2.17. The molecule has 1 amide bonds. The molecule has 1 aromatic rings. The van der Waals surface area contributed by atoms with Gasteiger partial charge in [0.25, 0.3) is 0 Å². The van der Waals surface area contributed by atoms with Gasteiger partial charge in [-0.2, -0.15) is 0 Å². The number of carbonyl (C=O) groups excluding carboxylic acids is 1. The van der Waals surface area contributed by atoms with E-state index in [9.17, 15) is 4.79 Å². The van der Waals surface area contributed by atoms with Gasteiger partial charge in [-0.1, -0.05) is 29.8 Å². The first-order chi connectivity index (χ1) is 8.66. The van der Waals surface area contributed by atoms with E-state index < -0.39 is 0 Å². The van der Waals surface area contributed by atoms with E-state index in [1.807, 2.05) is 25.1 Å². The third-order valence-electron chi connectivity index (χ3n) is 3.22. The fourth-order valence-electron chi connectivity index (χ4n) is 2.21. The van der Waals surface area contributed by atoms with E-state index in [0.29, 0.717) is 11.4 Å². The lowest BCUT2D eigenvalue weighted by atomic mass is 10.1. The maximum atomic E-state index is 11.9. The van der Waals surface area contributed by atoms with Gasteiger partial charge in [0.05, 0.1) is 18.6 Å². The second-order valence-electron chi connectivity index (χ2n) is 4.68. The normalized spacial score (nSPS) is 20.7. The molecule has 1 aromatic carbocycles. The zero-order valence-electron chi connectivity index (χ0n) is 10.5. The number of halogens is 1. The molecule has 4 heteroatoms. The molecule has 2 unspecified atom stereocenters. The highest BCUT2D eigenvalue weighted by Gasteiger charge is 2.23. The molecule has 98 valence electrons. The Bertz CT molecular complexity index is 416. The summed E-state index contributed by atoms with van der Waals surface area (Å²) < 4.78 is 5.55. The molecular weight excluding hydrogens is 250 g/mol. The molecule has 18 heavy (non-hydrogen) atoms. The van der Waals surface area contributed by atoms with Crippen LogP contribution in [0.2, 0.25) is 5.02 Å². The molecule has 0 aliphatic carbocycles. The third-order valence-corrected chi connectivity index (χ3v) is 3.59. The molecule has 1 heterocycles. The summed E-state index contributed by atoms with van der Waals surface area (Å²) in [5, 5.41) is 3.61. The summed E-state index contributed by atoms with van der Waals surface area (Å²) in [6, 6.07) is 7.48. The zero-order valence-corrected chi connectivity index (χ0v) is 11.2. The molecule has 2 rings (SSSR count). The average molecular weight is 268 g/mol. The summed E-state index contributed by atoms with van der Waals surface area (Å²) in [7, 11) is 0. The lowest BCUT2D eigenvalue weighted by Crippen LogP contribution is -2.41. The van der Waals surface area contributed by atoms with Crippen LogP contribution in [0.25, 0.3) is 0 Å². The van der Waals surface area contributed by atoms with Crippen molar-refractivity contribution in [1.29, 1.82) is 0 Å². The predicted molar refractivity (Wildman–Crippen MR) is 71.7 cm³/mol. The molecule has 1 saturated heterocycles. The van der Waals surface area contributed by atoms with Crippen molar-refractivity contribution in [2.45, 2.75) is 38.3 Å². The van der Waals surface area contributed by atoms with Gasteiger partial charge in [0.2, 0.25) is 5.91 Å². The summed E-state index contributed by atoms with van der Waals surface area (Å²) >= 11 is 6.03. The van der Waals surface area contributed by atoms with Crippen molar-refractivity contribution in [2.75, 3.05) is 6.61 Å². The fourth-order valence-corrected chi connectivity index (χ4v) is 2.41. The smallest absolute Gasteiger partial charge is 0.224 e. The Labute approximate surface area is 112 Å². The van der Waals surface area contributed by atoms with Gasteiger partial charge in [-0.25, -0.2) is 0 Å². The molecule has 1 N–H and O–H groups in total. The van der Waals surface area contributed by atoms with E-state index >= 15 is 0 Å². The van der Waals surface area contributed by atoms with Crippen LogP contribution in [-0.2, 0) is 16.0 Å². The van der Waals surface area contributed by atoms with E-state index in [4.69, 9.17) is 16.3 Å². The molecule has 1 fully saturated rings. The van der Waals surface area contributed by atoms with Crippen LogP contribution in [0.15, 0.2) is 24.3 Å². The molecule has 2 atom stereocenters. The quantitative estimate of drug-likeness (QED) is 0.911. The lowest BCUT2D eigenvalue weighted by molar-refractivity contribution is -0.121. The van der Waals surface area contributed by atoms with E-state index in [1.54, 1.807) is 6.07 Å². The first kappa shape index (κ1) is 13.4. The minimum atomic E-state index is -0.00824. The number of carbonyl (C=O) groups is 1. The van der Waals surface area contributed by atoms with Crippen LogP contribution < -0.4 is 5.32 Å². The molecule has 0 saturated carbocycles. The van der Waals surface area contributed by atoms with Crippen molar-refractivity contribution >= 4 is 17.5 Å². The summed E-state index contributed by atoms with van der Waals surface area (Å²) in [4.78, 5) is 11.9. The van der Waals surface area contributed by atoms with Crippen molar-refractivity contribution < 1.29 is 9.53 Å². The van der Waals surface area contributed by atoms with E-state index in [1.165, 1.54) is 0 Å². The molecule has 1 aliphatic rings. The van der Waals surface area contributed by atoms with E-state index in [-0.39, 0.29) is 18.1 Å². The predicted octanol–water partition coefficient (Wildman–Crippen LogP) is 2.57. The van der Waals surface area contributed by atoms with E-state index in [2.05, 4.69) is 5.32 Å². The standard InChI is InChI=1S/C14H18ClNO2/c1-10(13-7-4-8-18-13)16-14(17)9-11-5-2-3-6-12(11)15/h2-3,5-6,10,13H,4,7-9H2,1H3,(H,16,17). The minimum Gasteiger partial charge on any atom is -0.376 e. The van der Waals surface area contributed by atoms with Crippen molar-refractivity contribution in [3.63, 3.8) is 0 Å². The number of rotatable bonds is 4. The summed E-state index contributed by atoms with van der Waals surface area (Å²) in [6.45, 7) is 2.79. The second kappa shape index (κ2) is 6.21. The molecule has 3 nitrogen and oxygen atoms in total. The Morgan fingerprint density at radius 3 is 3.00 bits per heavy atom. The van der Waals surface area contributed by atoms with Gasteiger partial charge in [-0.15, -0.1) is 0 Å². The number of hydrogen-bond acceptors (Lipinski definition) is 2. The van der Waals surface area contributed by atoms with Crippen LogP contribution in [0.5, 0.6) is 0 Å². The number of amides is 1. The maximum Gasteiger partial charge on any atom is 0.224 e. The van der Waals surface area contributed by atoms with Crippen LogP contribution in [0.3, 0.4) is 0 Å². The van der Waals surface area contributed by atoms with Crippen LogP contribution in [0, 0.1) is 0 Å². The van der Waals surface area contributed by atoms with Crippen molar-refractivity contribution in [3.05, 3.63) is 34.9 Å². The van der Waals surface area contributed by atoms with Gasteiger partial charge < -0.3 is 10.1 Å². The molecular formula is C14H18ClNO2. The first-order valence-electron chi connectivity index (χ1n) is 6.31.